The molecule has 0 saturated carbocycles. The molecule has 112 valence electrons. The van der Waals surface area contributed by atoms with Gasteiger partial charge in [-0.15, -0.1) is 0 Å². The molecule has 19 heavy (non-hydrogen) atoms. The van der Waals surface area contributed by atoms with Crippen LogP contribution in [0.3, 0.4) is 0 Å². The number of aliphatic hydroxyl groups excluding tert-OH is 2. The summed E-state index contributed by atoms with van der Waals surface area (Å²) in [6.45, 7) is 6.00. The zero-order valence-corrected chi connectivity index (χ0v) is 11.8. The van der Waals surface area contributed by atoms with Crippen molar-refractivity contribution in [1.29, 1.82) is 0 Å². The van der Waals surface area contributed by atoms with Crippen LogP contribution in [-0.2, 0) is 4.79 Å². The van der Waals surface area contributed by atoms with Crippen molar-refractivity contribution in [1.82, 2.24) is 5.06 Å². The summed E-state index contributed by atoms with van der Waals surface area (Å²) < 4.78 is 0. The van der Waals surface area contributed by atoms with E-state index >= 15 is 0 Å². The molecule has 1 rings (SSSR count). The number of primary amides is 1. The van der Waals surface area contributed by atoms with Gasteiger partial charge in [-0.05, 0) is 34.1 Å². The van der Waals surface area contributed by atoms with Crippen LogP contribution in [0.25, 0.3) is 0 Å². The normalized spacial score (nSPS) is 30.8. The summed E-state index contributed by atoms with van der Waals surface area (Å²) in [5.74, 6) is -1.93. The fraction of sp³-hybridized carbons (Fsp3) is 0.917. The van der Waals surface area contributed by atoms with E-state index in [-0.39, 0.29) is 6.42 Å². The van der Waals surface area contributed by atoms with Gasteiger partial charge in [-0.2, -0.15) is 5.06 Å². The molecule has 1 heterocycles. The van der Waals surface area contributed by atoms with Crippen molar-refractivity contribution in [2.75, 3.05) is 6.61 Å². The van der Waals surface area contributed by atoms with Crippen molar-refractivity contribution < 1.29 is 25.3 Å². The van der Waals surface area contributed by atoms with Crippen molar-refractivity contribution in [3.8, 4) is 0 Å². The lowest BCUT2D eigenvalue weighted by Gasteiger charge is -2.42. The minimum Gasteiger partial charge on any atom is -0.394 e. The molecule has 1 fully saturated rings. The van der Waals surface area contributed by atoms with E-state index in [2.05, 4.69) is 0 Å². The van der Waals surface area contributed by atoms with Crippen molar-refractivity contribution in [3.63, 3.8) is 0 Å². The molecular weight excluding hydrogens is 252 g/mol. The third kappa shape index (κ3) is 2.25. The average molecular weight is 276 g/mol. The first-order chi connectivity index (χ1) is 8.42. The van der Waals surface area contributed by atoms with E-state index in [1.54, 1.807) is 27.7 Å². The molecule has 7 heteroatoms. The maximum atomic E-state index is 11.6. The SMILES string of the molecule is CC1(C)CC(C(O)(C(N)=O)C(O)CO)C(C)(C)N1O. The molecule has 1 amide bonds. The number of hydrogen-bond acceptors (Lipinski definition) is 6. The van der Waals surface area contributed by atoms with Gasteiger partial charge in [0.15, 0.2) is 5.60 Å². The third-order valence-corrected chi connectivity index (χ3v) is 4.28. The molecule has 0 aromatic rings. The first-order valence-electron chi connectivity index (χ1n) is 6.22. The minimum atomic E-state index is -2.30. The molecule has 0 aromatic carbocycles. The Balaban J connectivity index is 3.30. The zero-order valence-electron chi connectivity index (χ0n) is 11.8. The lowest BCUT2D eigenvalue weighted by molar-refractivity contribution is -0.215. The molecule has 1 saturated heterocycles. The summed E-state index contributed by atoms with van der Waals surface area (Å²) in [7, 11) is 0. The van der Waals surface area contributed by atoms with E-state index in [0.29, 0.717) is 0 Å². The third-order valence-electron chi connectivity index (χ3n) is 4.28. The molecule has 0 aromatic heterocycles. The van der Waals surface area contributed by atoms with Crippen molar-refractivity contribution in [2.45, 2.75) is 56.9 Å². The maximum absolute atomic E-state index is 11.6. The van der Waals surface area contributed by atoms with Crippen molar-refractivity contribution in [3.05, 3.63) is 0 Å². The fourth-order valence-corrected chi connectivity index (χ4v) is 3.16. The molecule has 3 atom stereocenters. The predicted molar refractivity (Wildman–Crippen MR) is 67.1 cm³/mol. The van der Waals surface area contributed by atoms with Gasteiger partial charge in [-0.1, -0.05) is 0 Å². The van der Waals surface area contributed by atoms with Crippen LogP contribution in [0.1, 0.15) is 34.1 Å². The Kier molecular flexibility index (Phi) is 4.02. The molecule has 6 N–H and O–H groups in total. The number of nitrogens with two attached hydrogens (primary N) is 1. The van der Waals surface area contributed by atoms with E-state index in [9.17, 15) is 20.2 Å². The van der Waals surface area contributed by atoms with Crippen LogP contribution >= 0.6 is 0 Å². The minimum absolute atomic E-state index is 0.243. The molecular formula is C12H24N2O5. The quantitative estimate of drug-likeness (QED) is 0.440. The van der Waals surface area contributed by atoms with Gasteiger partial charge in [-0.3, -0.25) is 4.79 Å². The largest absolute Gasteiger partial charge is 0.394 e. The molecule has 1 aliphatic rings. The first-order valence-corrected chi connectivity index (χ1v) is 6.22. The summed E-state index contributed by atoms with van der Waals surface area (Å²) in [5, 5.41) is 40.6. The number of carbonyl (C=O) groups is 1. The highest BCUT2D eigenvalue weighted by molar-refractivity contribution is 5.84. The second-order valence-electron chi connectivity index (χ2n) is 6.42. The van der Waals surface area contributed by atoms with Gasteiger partial charge in [0.25, 0.3) is 5.91 Å². The number of carbonyl (C=O) groups excluding carboxylic acids is 1. The Hall–Kier alpha value is -0.730. The topological polar surface area (TPSA) is 127 Å². The second-order valence-corrected chi connectivity index (χ2v) is 6.42. The lowest BCUT2D eigenvalue weighted by atomic mass is 9.71. The highest BCUT2D eigenvalue weighted by Crippen LogP contribution is 2.49. The number of aliphatic hydroxyl groups is 3. The Labute approximate surface area is 112 Å². The summed E-state index contributed by atoms with van der Waals surface area (Å²) in [6, 6.07) is 0. The van der Waals surface area contributed by atoms with Gasteiger partial charge in [0.05, 0.1) is 6.61 Å². The Morgan fingerprint density at radius 2 is 1.95 bits per heavy atom. The van der Waals surface area contributed by atoms with Crippen molar-refractivity contribution >= 4 is 5.91 Å². The van der Waals surface area contributed by atoms with Crippen LogP contribution < -0.4 is 5.73 Å². The Morgan fingerprint density at radius 1 is 1.47 bits per heavy atom. The van der Waals surface area contributed by atoms with Gasteiger partial charge in [-0.25, -0.2) is 0 Å². The van der Waals surface area contributed by atoms with Gasteiger partial charge >= 0.3 is 0 Å². The van der Waals surface area contributed by atoms with E-state index in [1.165, 1.54) is 0 Å². The van der Waals surface area contributed by atoms with Crippen LogP contribution in [0.15, 0.2) is 0 Å². The standard InChI is InChI=1S/C12H24N2O5/c1-10(2)5-7(11(3,4)14(10)19)12(18,9(13)17)8(16)6-15/h7-8,15-16,18-19H,5-6H2,1-4H3,(H2,13,17). The van der Waals surface area contributed by atoms with Crippen molar-refractivity contribution in [2.24, 2.45) is 11.7 Å². The van der Waals surface area contributed by atoms with E-state index < -0.39 is 41.2 Å². The van der Waals surface area contributed by atoms with Gasteiger partial charge in [0.2, 0.25) is 0 Å². The Morgan fingerprint density at radius 3 is 2.21 bits per heavy atom. The molecule has 3 unspecified atom stereocenters. The summed E-state index contributed by atoms with van der Waals surface area (Å²) in [5.41, 5.74) is 1.25. The van der Waals surface area contributed by atoms with Crippen LogP contribution in [0.4, 0.5) is 0 Å². The smallest absolute Gasteiger partial charge is 0.252 e. The van der Waals surface area contributed by atoms with Crippen LogP contribution in [-0.4, -0.2) is 60.9 Å². The van der Waals surface area contributed by atoms with Gasteiger partial charge in [0, 0.05) is 17.0 Å². The maximum Gasteiger partial charge on any atom is 0.252 e. The van der Waals surface area contributed by atoms with E-state index in [1.807, 2.05) is 0 Å². The first kappa shape index (κ1) is 16.3. The molecule has 0 spiro atoms. The second kappa shape index (κ2) is 4.68. The molecule has 0 radical (unpaired) electrons. The zero-order chi connectivity index (χ0) is 15.2. The Bertz CT molecular complexity index is 371. The molecule has 0 bridgehead atoms. The van der Waals surface area contributed by atoms with Gasteiger partial charge in [0.1, 0.15) is 6.10 Å². The molecule has 0 aliphatic carbocycles. The number of amides is 1. The van der Waals surface area contributed by atoms with Crippen LogP contribution in [0.2, 0.25) is 0 Å². The molecule has 1 aliphatic heterocycles. The number of hydroxylamine groups is 2. The lowest BCUT2D eigenvalue weighted by Crippen LogP contribution is -2.64. The average Bonchev–Trinajstić information content (AvgIpc) is 2.47. The van der Waals surface area contributed by atoms with Crippen LogP contribution in [0.5, 0.6) is 0 Å². The highest BCUT2D eigenvalue weighted by atomic mass is 16.5. The van der Waals surface area contributed by atoms with Crippen LogP contribution in [0, 0.1) is 5.92 Å². The number of nitrogens with zero attached hydrogens (tertiary/aromatic N) is 1. The summed E-state index contributed by atoms with van der Waals surface area (Å²) in [4.78, 5) is 11.6. The van der Waals surface area contributed by atoms with E-state index in [0.717, 1.165) is 5.06 Å². The van der Waals surface area contributed by atoms with E-state index in [4.69, 9.17) is 10.8 Å². The number of hydrogen-bond donors (Lipinski definition) is 5. The fourth-order valence-electron chi connectivity index (χ4n) is 3.16. The predicted octanol–water partition coefficient (Wildman–Crippen LogP) is -1.18. The highest BCUT2D eigenvalue weighted by Gasteiger charge is 2.63. The molecule has 7 nitrogen and oxygen atoms in total. The van der Waals surface area contributed by atoms with Gasteiger partial charge < -0.3 is 26.3 Å². The summed E-state index contributed by atoms with van der Waals surface area (Å²) >= 11 is 0. The number of rotatable bonds is 4. The summed E-state index contributed by atoms with van der Waals surface area (Å²) in [6.07, 6.45) is -1.45. The monoisotopic (exact) mass is 276 g/mol.